The molecule has 1 unspecified atom stereocenters. The van der Waals surface area contributed by atoms with Gasteiger partial charge < -0.3 is 9.88 Å². The number of carbonyl (C=O) groups is 1. The smallest absolute Gasteiger partial charge is 0.268 e. The highest BCUT2D eigenvalue weighted by Crippen LogP contribution is 2.20. The van der Waals surface area contributed by atoms with Crippen molar-refractivity contribution in [1.82, 2.24) is 14.9 Å². The molecule has 0 aliphatic heterocycles. The molecular formula is C18H19N3O2S. The van der Waals surface area contributed by atoms with Crippen LogP contribution in [0.15, 0.2) is 46.6 Å². The van der Waals surface area contributed by atoms with Gasteiger partial charge in [0.2, 0.25) is 5.91 Å². The Balaban J connectivity index is 1.68. The summed E-state index contributed by atoms with van der Waals surface area (Å²) in [5, 5.41) is 1.84. The number of hydrogen-bond acceptors (Lipinski definition) is 4. The van der Waals surface area contributed by atoms with Crippen LogP contribution in [0.3, 0.4) is 0 Å². The molecule has 24 heavy (non-hydrogen) atoms. The van der Waals surface area contributed by atoms with Crippen molar-refractivity contribution in [2.75, 3.05) is 7.05 Å². The minimum atomic E-state index is -0.150. The maximum Gasteiger partial charge on any atom is 0.268 e. The molecule has 2 heterocycles. The third-order valence-corrected chi connectivity index (χ3v) is 4.93. The predicted octanol–water partition coefficient (Wildman–Crippen LogP) is 3.14. The third-order valence-electron chi connectivity index (χ3n) is 4.03. The molecule has 0 saturated heterocycles. The van der Waals surface area contributed by atoms with Crippen molar-refractivity contribution >= 4 is 27.5 Å². The van der Waals surface area contributed by atoms with Crippen LogP contribution in [0, 0.1) is 0 Å². The molecule has 1 aromatic carbocycles. The van der Waals surface area contributed by atoms with Crippen LogP contribution in [-0.2, 0) is 11.3 Å². The van der Waals surface area contributed by atoms with E-state index in [0.717, 1.165) is 5.56 Å². The second-order valence-electron chi connectivity index (χ2n) is 5.91. The molecule has 0 radical (unpaired) electrons. The van der Waals surface area contributed by atoms with Crippen molar-refractivity contribution in [2.24, 2.45) is 0 Å². The number of H-pyrrole nitrogens is 1. The highest BCUT2D eigenvalue weighted by molar-refractivity contribution is 7.17. The summed E-state index contributed by atoms with van der Waals surface area (Å²) in [6, 6.07) is 11.8. The maximum atomic E-state index is 12.4. The molecule has 1 amide bonds. The van der Waals surface area contributed by atoms with Gasteiger partial charge in [-0.25, -0.2) is 4.98 Å². The molecule has 5 nitrogen and oxygen atoms in total. The van der Waals surface area contributed by atoms with E-state index < -0.39 is 0 Å². The van der Waals surface area contributed by atoms with Gasteiger partial charge in [-0.05, 0) is 22.9 Å². The Labute approximate surface area is 144 Å². The number of nitrogens with zero attached hydrogens (tertiary/aromatic N) is 2. The van der Waals surface area contributed by atoms with Crippen molar-refractivity contribution in [3.8, 4) is 0 Å². The summed E-state index contributed by atoms with van der Waals surface area (Å²) in [5.74, 6) is 0.682. The van der Waals surface area contributed by atoms with Crippen molar-refractivity contribution in [3.05, 3.63) is 63.5 Å². The Kier molecular flexibility index (Phi) is 4.76. The van der Waals surface area contributed by atoms with E-state index in [9.17, 15) is 9.59 Å². The van der Waals surface area contributed by atoms with Crippen LogP contribution in [0.4, 0.5) is 0 Å². The zero-order valence-corrected chi connectivity index (χ0v) is 14.5. The average molecular weight is 341 g/mol. The number of fused-ring (bicyclic) bond motifs is 1. The fourth-order valence-electron chi connectivity index (χ4n) is 2.63. The van der Waals surface area contributed by atoms with Crippen LogP contribution in [0.25, 0.3) is 10.2 Å². The summed E-state index contributed by atoms with van der Waals surface area (Å²) in [5.41, 5.74) is 1.67. The molecule has 6 heteroatoms. The first kappa shape index (κ1) is 16.4. The van der Waals surface area contributed by atoms with Gasteiger partial charge in [-0.3, -0.25) is 9.59 Å². The third kappa shape index (κ3) is 3.54. The van der Waals surface area contributed by atoms with E-state index in [2.05, 4.69) is 9.97 Å². The summed E-state index contributed by atoms with van der Waals surface area (Å²) in [6.45, 7) is 2.33. The van der Waals surface area contributed by atoms with Gasteiger partial charge in [0.1, 0.15) is 10.5 Å². The number of nitrogens with one attached hydrogen (secondary N) is 1. The molecule has 3 rings (SSSR count). The molecular weight excluding hydrogens is 322 g/mol. The molecule has 3 aromatic rings. The Morgan fingerprint density at radius 1 is 1.29 bits per heavy atom. The molecule has 1 atom stereocenters. The van der Waals surface area contributed by atoms with Crippen LogP contribution >= 0.6 is 11.3 Å². The number of rotatable bonds is 5. The molecule has 0 bridgehead atoms. The van der Waals surface area contributed by atoms with E-state index in [0.29, 0.717) is 29.0 Å². The SMILES string of the molecule is CC(CC(=O)N(C)Cc1nc2ccsc2c(=O)[nH]1)c1ccccc1. The lowest BCUT2D eigenvalue weighted by atomic mass is 9.97. The van der Waals surface area contributed by atoms with E-state index in [1.165, 1.54) is 11.3 Å². The summed E-state index contributed by atoms with van der Waals surface area (Å²) in [4.78, 5) is 33.2. The van der Waals surface area contributed by atoms with Gasteiger partial charge in [-0.2, -0.15) is 0 Å². The Hall–Kier alpha value is -2.47. The van der Waals surface area contributed by atoms with E-state index in [1.807, 2.05) is 48.7 Å². The fraction of sp³-hybridized carbons (Fsp3) is 0.278. The predicted molar refractivity (Wildman–Crippen MR) is 96.2 cm³/mol. The van der Waals surface area contributed by atoms with Crippen LogP contribution in [0.2, 0.25) is 0 Å². The number of benzene rings is 1. The molecule has 0 fully saturated rings. The van der Waals surface area contributed by atoms with E-state index >= 15 is 0 Å². The molecule has 0 aliphatic carbocycles. The minimum absolute atomic E-state index is 0.0272. The maximum absolute atomic E-state index is 12.4. The number of amides is 1. The van der Waals surface area contributed by atoms with Crippen molar-refractivity contribution < 1.29 is 4.79 Å². The van der Waals surface area contributed by atoms with Gasteiger partial charge in [-0.15, -0.1) is 11.3 Å². The lowest BCUT2D eigenvalue weighted by Crippen LogP contribution is -2.29. The van der Waals surface area contributed by atoms with Gasteiger partial charge in [0.15, 0.2) is 0 Å². The number of aromatic amines is 1. The lowest BCUT2D eigenvalue weighted by molar-refractivity contribution is -0.130. The van der Waals surface area contributed by atoms with Gasteiger partial charge in [0, 0.05) is 13.5 Å². The normalized spacial score (nSPS) is 12.2. The summed E-state index contributed by atoms with van der Waals surface area (Å²) >= 11 is 1.37. The highest BCUT2D eigenvalue weighted by atomic mass is 32.1. The molecule has 0 spiro atoms. The average Bonchev–Trinajstić information content (AvgIpc) is 3.04. The first-order valence-electron chi connectivity index (χ1n) is 7.80. The van der Waals surface area contributed by atoms with Gasteiger partial charge in [0.25, 0.3) is 5.56 Å². The topological polar surface area (TPSA) is 66.1 Å². The Bertz CT molecular complexity index is 901. The zero-order valence-electron chi connectivity index (χ0n) is 13.7. The lowest BCUT2D eigenvalue weighted by Gasteiger charge is -2.19. The minimum Gasteiger partial charge on any atom is -0.338 e. The van der Waals surface area contributed by atoms with Crippen LogP contribution < -0.4 is 5.56 Å². The monoisotopic (exact) mass is 341 g/mol. The molecule has 0 saturated carbocycles. The standard InChI is InChI=1S/C18H19N3O2S/c1-12(13-6-4-3-5-7-13)10-16(22)21(2)11-15-19-14-8-9-24-17(14)18(23)20-15/h3-9,12H,10-11H2,1-2H3,(H,19,20,23). The van der Waals surface area contributed by atoms with Crippen molar-refractivity contribution in [2.45, 2.75) is 25.8 Å². The fourth-order valence-corrected chi connectivity index (χ4v) is 3.35. The van der Waals surface area contributed by atoms with Gasteiger partial charge in [-0.1, -0.05) is 37.3 Å². The van der Waals surface area contributed by atoms with Gasteiger partial charge in [0.05, 0.1) is 12.1 Å². The first-order chi connectivity index (χ1) is 11.5. The molecule has 124 valence electrons. The zero-order chi connectivity index (χ0) is 17.1. The quantitative estimate of drug-likeness (QED) is 0.775. The first-order valence-corrected chi connectivity index (χ1v) is 8.68. The number of hydrogen-bond donors (Lipinski definition) is 1. The number of aromatic nitrogens is 2. The van der Waals surface area contributed by atoms with Gasteiger partial charge >= 0.3 is 0 Å². The Morgan fingerprint density at radius 2 is 2.04 bits per heavy atom. The molecule has 1 N–H and O–H groups in total. The van der Waals surface area contributed by atoms with Crippen LogP contribution in [0.5, 0.6) is 0 Å². The molecule has 2 aromatic heterocycles. The number of thiophene rings is 1. The van der Waals surface area contributed by atoms with Crippen LogP contribution in [-0.4, -0.2) is 27.8 Å². The van der Waals surface area contributed by atoms with Crippen molar-refractivity contribution in [1.29, 1.82) is 0 Å². The second kappa shape index (κ2) is 6.97. The van der Waals surface area contributed by atoms with E-state index in [4.69, 9.17) is 0 Å². The summed E-state index contributed by atoms with van der Waals surface area (Å²) in [7, 11) is 1.73. The number of carbonyl (C=O) groups excluding carboxylic acids is 1. The van der Waals surface area contributed by atoms with Crippen LogP contribution in [0.1, 0.15) is 30.7 Å². The second-order valence-corrected chi connectivity index (χ2v) is 6.83. The van der Waals surface area contributed by atoms with E-state index in [1.54, 1.807) is 11.9 Å². The van der Waals surface area contributed by atoms with Crippen molar-refractivity contribution in [3.63, 3.8) is 0 Å². The summed E-state index contributed by atoms with van der Waals surface area (Å²) in [6.07, 6.45) is 0.422. The largest absolute Gasteiger partial charge is 0.338 e. The Morgan fingerprint density at radius 3 is 2.79 bits per heavy atom. The highest BCUT2D eigenvalue weighted by Gasteiger charge is 2.16. The summed E-state index contributed by atoms with van der Waals surface area (Å²) < 4.78 is 0.616. The molecule has 0 aliphatic rings. The van der Waals surface area contributed by atoms with E-state index in [-0.39, 0.29) is 17.4 Å².